The van der Waals surface area contributed by atoms with Gasteiger partial charge in [-0.1, -0.05) is 6.07 Å². The van der Waals surface area contributed by atoms with Crippen molar-refractivity contribution in [1.29, 1.82) is 0 Å². The first-order chi connectivity index (χ1) is 7.98. The molecule has 88 valence electrons. The summed E-state index contributed by atoms with van der Waals surface area (Å²) in [6, 6.07) is 7.76. The zero-order chi connectivity index (χ0) is 12.5. The fourth-order valence-electron chi connectivity index (χ4n) is 1.50. The Bertz CT molecular complexity index is 521. The standard InChI is InChI=1S/C12H9F3N2/c1-8-5-6-9(10-4-2-3-7-16-10)11(17-8)12(13,14)15/h2-7H,1H3. The maximum Gasteiger partial charge on any atom is 0.434 e. The molecule has 0 aliphatic rings. The van der Waals surface area contributed by atoms with Crippen molar-refractivity contribution in [3.63, 3.8) is 0 Å². The number of pyridine rings is 2. The van der Waals surface area contributed by atoms with E-state index in [0.717, 1.165) is 0 Å². The van der Waals surface area contributed by atoms with Gasteiger partial charge in [0.25, 0.3) is 0 Å². The topological polar surface area (TPSA) is 25.8 Å². The molecule has 0 N–H and O–H groups in total. The molecule has 0 atom stereocenters. The predicted octanol–water partition coefficient (Wildman–Crippen LogP) is 3.47. The highest BCUT2D eigenvalue weighted by atomic mass is 19.4. The summed E-state index contributed by atoms with van der Waals surface area (Å²) in [7, 11) is 0. The van der Waals surface area contributed by atoms with Crippen LogP contribution in [0, 0.1) is 6.92 Å². The molecule has 2 heterocycles. The smallest absolute Gasteiger partial charge is 0.256 e. The van der Waals surface area contributed by atoms with Crippen molar-refractivity contribution in [3.05, 3.63) is 47.9 Å². The van der Waals surface area contributed by atoms with Crippen LogP contribution in [0.15, 0.2) is 36.5 Å². The second-order valence-corrected chi connectivity index (χ2v) is 3.56. The van der Waals surface area contributed by atoms with Gasteiger partial charge in [0.2, 0.25) is 0 Å². The monoisotopic (exact) mass is 238 g/mol. The summed E-state index contributed by atoms with van der Waals surface area (Å²) >= 11 is 0. The van der Waals surface area contributed by atoms with Gasteiger partial charge in [-0.2, -0.15) is 13.2 Å². The van der Waals surface area contributed by atoms with Crippen LogP contribution < -0.4 is 0 Å². The van der Waals surface area contributed by atoms with Gasteiger partial charge in [-0.3, -0.25) is 4.98 Å². The average molecular weight is 238 g/mol. The molecular formula is C12H9F3N2. The molecule has 0 spiro atoms. The largest absolute Gasteiger partial charge is 0.434 e. The van der Waals surface area contributed by atoms with Crippen LogP contribution >= 0.6 is 0 Å². The summed E-state index contributed by atoms with van der Waals surface area (Å²) in [5.41, 5.74) is -0.288. The fraction of sp³-hybridized carbons (Fsp3) is 0.167. The zero-order valence-corrected chi connectivity index (χ0v) is 8.99. The number of halogens is 3. The summed E-state index contributed by atoms with van der Waals surface area (Å²) in [4.78, 5) is 7.47. The predicted molar refractivity (Wildman–Crippen MR) is 57.2 cm³/mol. The van der Waals surface area contributed by atoms with Gasteiger partial charge in [0.1, 0.15) is 0 Å². The first-order valence-electron chi connectivity index (χ1n) is 4.95. The van der Waals surface area contributed by atoms with E-state index in [1.807, 2.05) is 0 Å². The van der Waals surface area contributed by atoms with Gasteiger partial charge in [0, 0.05) is 17.5 Å². The van der Waals surface area contributed by atoms with Crippen LogP contribution in [0.25, 0.3) is 11.3 Å². The molecule has 2 rings (SSSR count). The SMILES string of the molecule is Cc1ccc(-c2ccccn2)c(C(F)(F)F)n1. The van der Waals surface area contributed by atoms with Gasteiger partial charge >= 0.3 is 6.18 Å². The van der Waals surface area contributed by atoms with Crippen molar-refractivity contribution < 1.29 is 13.2 Å². The molecule has 0 aliphatic carbocycles. The summed E-state index contributed by atoms with van der Waals surface area (Å²) in [6.45, 7) is 1.53. The highest BCUT2D eigenvalue weighted by molar-refractivity contribution is 5.62. The van der Waals surface area contributed by atoms with E-state index in [-0.39, 0.29) is 11.3 Å². The van der Waals surface area contributed by atoms with Crippen LogP contribution in [-0.4, -0.2) is 9.97 Å². The van der Waals surface area contributed by atoms with Crippen molar-refractivity contribution >= 4 is 0 Å². The molecule has 17 heavy (non-hydrogen) atoms. The number of rotatable bonds is 1. The quantitative estimate of drug-likeness (QED) is 0.760. The molecule has 0 saturated heterocycles. The average Bonchev–Trinajstić information content (AvgIpc) is 2.29. The molecule has 2 aromatic rings. The molecule has 0 aliphatic heterocycles. The van der Waals surface area contributed by atoms with E-state index < -0.39 is 11.9 Å². The third kappa shape index (κ3) is 2.43. The first kappa shape index (κ1) is 11.6. The normalized spacial score (nSPS) is 11.5. The number of aromatic nitrogens is 2. The van der Waals surface area contributed by atoms with Crippen molar-refractivity contribution in [3.8, 4) is 11.3 Å². The molecule has 0 bridgehead atoms. The van der Waals surface area contributed by atoms with Gasteiger partial charge in [-0.05, 0) is 31.2 Å². The molecule has 2 aromatic heterocycles. The number of hydrogen-bond acceptors (Lipinski definition) is 2. The lowest BCUT2D eigenvalue weighted by Crippen LogP contribution is -2.11. The Hall–Kier alpha value is -1.91. The van der Waals surface area contributed by atoms with E-state index in [2.05, 4.69) is 9.97 Å². The van der Waals surface area contributed by atoms with Crippen molar-refractivity contribution in [2.75, 3.05) is 0 Å². The third-order valence-corrected chi connectivity index (χ3v) is 2.24. The van der Waals surface area contributed by atoms with Gasteiger partial charge in [0.05, 0.1) is 5.69 Å². The van der Waals surface area contributed by atoms with Crippen molar-refractivity contribution in [2.24, 2.45) is 0 Å². The Morgan fingerprint density at radius 3 is 2.41 bits per heavy atom. The zero-order valence-electron chi connectivity index (χ0n) is 8.99. The first-order valence-corrected chi connectivity index (χ1v) is 4.95. The molecule has 0 saturated carbocycles. The summed E-state index contributed by atoms with van der Waals surface area (Å²) in [6.07, 6.45) is -3.02. The van der Waals surface area contributed by atoms with E-state index >= 15 is 0 Å². The summed E-state index contributed by atoms with van der Waals surface area (Å²) in [5.74, 6) is 0. The molecule has 5 heteroatoms. The minimum absolute atomic E-state index is 0.00343. The van der Waals surface area contributed by atoms with Gasteiger partial charge in [0.15, 0.2) is 5.69 Å². The van der Waals surface area contributed by atoms with Crippen LogP contribution in [0.5, 0.6) is 0 Å². The fourth-order valence-corrected chi connectivity index (χ4v) is 1.50. The highest BCUT2D eigenvalue weighted by Crippen LogP contribution is 2.34. The van der Waals surface area contributed by atoms with E-state index in [0.29, 0.717) is 5.69 Å². The van der Waals surface area contributed by atoms with Gasteiger partial charge in [-0.15, -0.1) is 0 Å². The van der Waals surface area contributed by atoms with Gasteiger partial charge < -0.3 is 0 Å². The molecule has 0 amide bonds. The molecule has 0 fully saturated rings. The van der Waals surface area contributed by atoms with E-state index in [9.17, 15) is 13.2 Å². The van der Waals surface area contributed by atoms with Crippen LogP contribution in [0.2, 0.25) is 0 Å². The summed E-state index contributed by atoms with van der Waals surface area (Å²) in [5, 5.41) is 0. The van der Waals surface area contributed by atoms with E-state index in [4.69, 9.17) is 0 Å². The maximum atomic E-state index is 12.8. The highest BCUT2D eigenvalue weighted by Gasteiger charge is 2.36. The molecule has 2 nitrogen and oxygen atoms in total. The number of nitrogens with zero attached hydrogens (tertiary/aromatic N) is 2. The van der Waals surface area contributed by atoms with Crippen LogP contribution in [-0.2, 0) is 6.18 Å². The minimum atomic E-state index is -4.47. The third-order valence-electron chi connectivity index (χ3n) is 2.24. The van der Waals surface area contributed by atoms with Crippen LogP contribution in [0.1, 0.15) is 11.4 Å². The lowest BCUT2D eigenvalue weighted by Gasteiger charge is -2.11. The molecule has 0 unspecified atom stereocenters. The van der Waals surface area contributed by atoms with E-state index in [1.54, 1.807) is 18.2 Å². The number of alkyl halides is 3. The lowest BCUT2D eigenvalue weighted by molar-refractivity contribution is -0.140. The minimum Gasteiger partial charge on any atom is -0.256 e. The Kier molecular flexibility index (Phi) is 2.83. The second-order valence-electron chi connectivity index (χ2n) is 3.56. The van der Waals surface area contributed by atoms with Crippen LogP contribution in [0.4, 0.5) is 13.2 Å². The van der Waals surface area contributed by atoms with Gasteiger partial charge in [-0.25, -0.2) is 4.98 Å². The Morgan fingerprint density at radius 2 is 1.82 bits per heavy atom. The van der Waals surface area contributed by atoms with Crippen molar-refractivity contribution in [1.82, 2.24) is 9.97 Å². The lowest BCUT2D eigenvalue weighted by atomic mass is 10.1. The number of hydrogen-bond donors (Lipinski definition) is 0. The van der Waals surface area contributed by atoms with Crippen LogP contribution in [0.3, 0.4) is 0 Å². The summed E-state index contributed by atoms with van der Waals surface area (Å²) < 4.78 is 38.5. The molecule has 0 radical (unpaired) electrons. The maximum absolute atomic E-state index is 12.8. The van der Waals surface area contributed by atoms with E-state index in [1.165, 1.54) is 25.3 Å². The van der Waals surface area contributed by atoms with Crippen molar-refractivity contribution in [2.45, 2.75) is 13.1 Å². The second kappa shape index (κ2) is 4.16. The molecule has 0 aromatic carbocycles. The Labute approximate surface area is 96.2 Å². The Morgan fingerprint density at radius 1 is 1.06 bits per heavy atom. The Balaban J connectivity index is 2.63. The molecular weight excluding hydrogens is 229 g/mol. The number of aryl methyl sites for hydroxylation is 1.